The van der Waals surface area contributed by atoms with Crippen molar-refractivity contribution in [1.82, 2.24) is 9.97 Å². The summed E-state index contributed by atoms with van der Waals surface area (Å²) in [6, 6.07) is 7.44. The lowest BCUT2D eigenvalue weighted by Crippen LogP contribution is -2.12. The molecule has 2 rings (SSSR count). The van der Waals surface area contributed by atoms with Crippen LogP contribution in [0.15, 0.2) is 24.3 Å². The highest BCUT2D eigenvalue weighted by atomic mass is 35.5. The summed E-state index contributed by atoms with van der Waals surface area (Å²) < 4.78 is 0. The number of hydrogen-bond acceptors (Lipinski definition) is 3. The fourth-order valence-electron chi connectivity index (χ4n) is 1.67. The number of hydrogen-bond donors (Lipinski definition) is 3. The molecular weight excluding hydrogens is 238 g/mol. The third-order valence-electron chi connectivity index (χ3n) is 2.54. The van der Waals surface area contributed by atoms with Crippen molar-refractivity contribution in [3.63, 3.8) is 0 Å². The minimum Gasteiger partial charge on any atom is -0.384 e. The fraction of sp³-hybridized carbons (Fsp3) is 0.250. The molecule has 0 amide bonds. The van der Waals surface area contributed by atoms with Gasteiger partial charge in [-0.3, -0.25) is 0 Å². The molecule has 0 aliphatic heterocycles. The average molecular weight is 252 g/mol. The van der Waals surface area contributed by atoms with Crippen LogP contribution in [-0.4, -0.2) is 21.6 Å². The number of rotatable bonds is 3. The van der Waals surface area contributed by atoms with Crippen molar-refractivity contribution in [2.24, 2.45) is 5.73 Å². The van der Waals surface area contributed by atoms with Crippen LogP contribution in [0.2, 0.25) is 5.02 Å². The number of nitrogens with two attached hydrogens (primary N) is 1. The van der Waals surface area contributed by atoms with Crippen molar-refractivity contribution >= 4 is 11.6 Å². The van der Waals surface area contributed by atoms with Gasteiger partial charge in [-0.05, 0) is 19.1 Å². The summed E-state index contributed by atoms with van der Waals surface area (Å²) in [7, 11) is 0. The molecule has 1 aromatic carbocycles. The quantitative estimate of drug-likeness (QED) is 0.781. The molecule has 1 atom stereocenters. The van der Waals surface area contributed by atoms with Crippen molar-refractivity contribution in [1.29, 1.82) is 0 Å². The standard InChI is InChI=1S/C12H14ClN3O/c1-7-11(8-3-2-4-9(13)5-8)16-12(15-7)10(17)6-14/h2-5,10,17H,6,14H2,1H3,(H,15,16). The van der Waals surface area contributed by atoms with Gasteiger partial charge in [0.1, 0.15) is 11.9 Å². The molecule has 0 saturated heterocycles. The highest BCUT2D eigenvalue weighted by molar-refractivity contribution is 6.30. The number of H-pyrrole nitrogens is 1. The number of nitrogens with zero attached hydrogens (tertiary/aromatic N) is 1. The molecule has 0 aliphatic rings. The summed E-state index contributed by atoms with van der Waals surface area (Å²) >= 11 is 5.94. The lowest BCUT2D eigenvalue weighted by molar-refractivity contribution is 0.177. The van der Waals surface area contributed by atoms with E-state index in [1.54, 1.807) is 0 Å². The number of aliphatic hydroxyl groups is 1. The van der Waals surface area contributed by atoms with Crippen LogP contribution in [0.3, 0.4) is 0 Å². The Kier molecular flexibility index (Phi) is 3.47. The Morgan fingerprint density at radius 2 is 2.29 bits per heavy atom. The smallest absolute Gasteiger partial charge is 0.137 e. The van der Waals surface area contributed by atoms with Gasteiger partial charge in [-0.1, -0.05) is 23.7 Å². The molecule has 1 heterocycles. The Balaban J connectivity index is 2.42. The number of halogens is 1. The summed E-state index contributed by atoms with van der Waals surface area (Å²) in [6.45, 7) is 2.04. The van der Waals surface area contributed by atoms with Crippen LogP contribution >= 0.6 is 11.6 Å². The van der Waals surface area contributed by atoms with E-state index in [1.165, 1.54) is 0 Å². The molecule has 0 radical (unpaired) electrons. The molecule has 0 aliphatic carbocycles. The predicted octanol–water partition coefficient (Wildman–Crippen LogP) is 2.03. The van der Waals surface area contributed by atoms with Crippen molar-refractivity contribution < 1.29 is 5.11 Å². The van der Waals surface area contributed by atoms with Crippen molar-refractivity contribution in [3.05, 3.63) is 40.8 Å². The highest BCUT2D eigenvalue weighted by Gasteiger charge is 2.14. The summed E-state index contributed by atoms with van der Waals surface area (Å²) in [5.41, 5.74) is 7.98. The van der Waals surface area contributed by atoms with Crippen molar-refractivity contribution in [3.8, 4) is 11.3 Å². The average Bonchev–Trinajstić information content (AvgIpc) is 2.70. The highest BCUT2D eigenvalue weighted by Crippen LogP contribution is 2.25. The van der Waals surface area contributed by atoms with E-state index in [4.69, 9.17) is 17.3 Å². The lowest BCUT2D eigenvalue weighted by atomic mass is 10.1. The number of aromatic nitrogens is 2. The summed E-state index contributed by atoms with van der Waals surface area (Å²) in [6.07, 6.45) is -0.762. The van der Waals surface area contributed by atoms with Gasteiger partial charge in [0.2, 0.25) is 0 Å². The van der Waals surface area contributed by atoms with Crippen molar-refractivity contribution in [2.45, 2.75) is 13.0 Å². The SMILES string of the molecule is Cc1[nH]c(C(O)CN)nc1-c1cccc(Cl)c1. The lowest BCUT2D eigenvalue weighted by Gasteiger charge is -2.01. The third-order valence-corrected chi connectivity index (χ3v) is 2.78. The Morgan fingerprint density at radius 3 is 2.94 bits per heavy atom. The molecule has 4 N–H and O–H groups in total. The second kappa shape index (κ2) is 4.87. The zero-order valence-corrected chi connectivity index (χ0v) is 10.2. The Labute approximate surface area is 104 Å². The number of imidazole rings is 1. The molecule has 0 saturated carbocycles. The first-order chi connectivity index (χ1) is 8.11. The molecular formula is C12H14ClN3O. The maximum absolute atomic E-state index is 9.62. The van der Waals surface area contributed by atoms with Gasteiger partial charge in [0.25, 0.3) is 0 Å². The fourth-order valence-corrected chi connectivity index (χ4v) is 1.86. The van der Waals surface area contributed by atoms with Crippen LogP contribution in [0.5, 0.6) is 0 Å². The van der Waals surface area contributed by atoms with Gasteiger partial charge in [0.05, 0.1) is 5.69 Å². The first kappa shape index (κ1) is 12.1. The number of aryl methyl sites for hydroxylation is 1. The van der Waals surface area contributed by atoms with E-state index < -0.39 is 6.10 Å². The van der Waals surface area contributed by atoms with E-state index in [1.807, 2.05) is 31.2 Å². The van der Waals surface area contributed by atoms with Gasteiger partial charge in [-0.25, -0.2) is 4.98 Å². The molecule has 17 heavy (non-hydrogen) atoms. The van der Waals surface area contributed by atoms with E-state index in [0.717, 1.165) is 17.0 Å². The monoisotopic (exact) mass is 251 g/mol. The van der Waals surface area contributed by atoms with Crippen LogP contribution in [0.1, 0.15) is 17.6 Å². The van der Waals surface area contributed by atoms with Gasteiger partial charge >= 0.3 is 0 Å². The van der Waals surface area contributed by atoms with Gasteiger partial charge in [0.15, 0.2) is 0 Å². The van der Waals surface area contributed by atoms with E-state index in [-0.39, 0.29) is 6.54 Å². The topological polar surface area (TPSA) is 74.9 Å². The van der Waals surface area contributed by atoms with Gasteiger partial charge < -0.3 is 15.8 Å². The molecule has 0 fully saturated rings. The van der Waals surface area contributed by atoms with Crippen molar-refractivity contribution in [2.75, 3.05) is 6.54 Å². The maximum Gasteiger partial charge on any atom is 0.137 e. The van der Waals surface area contributed by atoms with Crippen LogP contribution in [-0.2, 0) is 0 Å². The third kappa shape index (κ3) is 2.49. The van der Waals surface area contributed by atoms with Crippen LogP contribution < -0.4 is 5.73 Å². The van der Waals surface area contributed by atoms with E-state index >= 15 is 0 Å². The van der Waals surface area contributed by atoms with E-state index in [0.29, 0.717) is 10.8 Å². The Hall–Kier alpha value is -1.36. The first-order valence-electron chi connectivity index (χ1n) is 5.32. The summed E-state index contributed by atoms with van der Waals surface area (Å²) in [4.78, 5) is 7.38. The number of aromatic amines is 1. The van der Waals surface area contributed by atoms with Crippen LogP contribution in [0.25, 0.3) is 11.3 Å². The predicted molar refractivity (Wildman–Crippen MR) is 67.8 cm³/mol. The minimum absolute atomic E-state index is 0.141. The van der Waals surface area contributed by atoms with E-state index in [2.05, 4.69) is 9.97 Å². The first-order valence-corrected chi connectivity index (χ1v) is 5.70. The Bertz CT molecular complexity index is 524. The molecule has 90 valence electrons. The zero-order valence-electron chi connectivity index (χ0n) is 9.44. The molecule has 5 heteroatoms. The maximum atomic E-state index is 9.62. The molecule has 2 aromatic rings. The molecule has 0 spiro atoms. The largest absolute Gasteiger partial charge is 0.384 e. The normalized spacial score (nSPS) is 12.7. The Morgan fingerprint density at radius 1 is 1.53 bits per heavy atom. The minimum atomic E-state index is -0.762. The molecule has 4 nitrogen and oxygen atoms in total. The molecule has 0 bridgehead atoms. The van der Waals surface area contributed by atoms with Crippen LogP contribution in [0, 0.1) is 6.92 Å². The second-order valence-electron chi connectivity index (χ2n) is 3.86. The number of nitrogens with one attached hydrogen (secondary N) is 1. The summed E-state index contributed by atoms with van der Waals surface area (Å²) in [5.74, 6) is 0.486. The van der Waals surface area contributed by atoms with E-state index in [9.17, 15) is 5.11 Å². The molecule has 1 aromatic heterocycles. The van der Waals surface area contributed by atoms with Gasteiger partial charge in [0, 0.05) is 22.8 Å². The number of aliphatic hydroxyl groups excluding tert-OH is 1. The van der Waals surface area contributed by atoms with Gasteiger partial charge in [-0.2, -0.15) is 0 Å². The van der Waals surface area contributed by atoms with Crippen LogP contribution in [0.4, 0.5) is 0 Å². The molecule has 1 unspecified atom stereocenters. The van der Waals surface area contributed by atoms with Gasteiger partial charge in [-0.15, -0.1) is 0 Å². The summed E-state index contributed by atoms with van der Waals surface area (Å²) in [5, 5.41) is 10.3. The number of benzene rings is 1. The second-order valence-corrected chi connectivity index (χ2v) is 4.29. The zero-order chi connectivity index (χ0) is 12.4.